The molecule has 0 radical (unpaired) electrons. The van der Waals surface area contributed by atoms with E-state index in [1.807, 2.05) is 50.2 Å². The standard InChI is InChI=1S/C33H42NO6/c1-24(2)23-38-30(35)17-18-31(36)40-33(25-11-5-3-6-12-25,26-13-7-4-8-14-26)32(37)39-29-21-27-15-16-28(22-29)34(27)19-9-10-20-34/h3-8,11-14,24,27-29H,9-10,15-23H2,1-2H3/q+1. The average Bonchev–Trinajstić information content (AvgIpc) is 3.51. The van der Waals surface area contributed by atoms with Crippen molar-refractivity contribution in [2.45, 2.75) is 89.0 Å². The van der Waals surface area contributed by atoms with Gasteiger partial charge in [-0.15, -0.1) is 0 Å². The summed E-state index contributed by atoms with van der Waals surface area (Å²) in [5, 5.41) is 0. The van der Waals surface area contributed by atoms with Crippen LogP contribution in [0.4, 0.5) is 0 Å². The molecule has 7 nitrogen and oxygen atoms in total. The van der Waals surface area contributed by atoms with E-state index >= 15 is 0 Å². The number of hydrogen-bond acceptors (Lipinski definition) is 6. The van der Waals surface area contributed by atoms with Crippen LogP contribution in [0.2, 0.25) is 0 Å². The van der Waals surface area contributed by atoms with Crippen molar-refractivity contribution in [3.05, 3.63) is 71.8 Å². The third kappa shape index (κ3) is 5.67. The molecule has 0 amide bonds. The molecule has 3 aliphatic rings. The topological polar surface area (TPSA) is 78.9 Å². The second kappa shape index (κ2) is 12.1. The molecule has 2 aromatic rings. The van der Waals surface area contributed by atoms with Crippen LogP contribution < -0.4 is 0 Å². The van der Waals surface area contributed by atoms with Crippen molar-refractivity contribution >= 4 is 17.9 Å². The zero-order valence-corrected chi connectivity index (χ0v) is 23.8. The van der Waals surface area contributed by atoms with E-state index in [4.69, 9.17) is 14.2 Å². The molecule has 214 valence electrons. The number of ether oxygens (including phenoxy) is 3. The summed E-state index contributed by atoms with van der Waals surface area (Å²) in [6, 6.07) is 19.2. The summed E-state index contributed by atoms with van der Waals surface area (Å²) in [5.41, 5.74) is -0.745. The lowest BCUT2D eigenvalue weighted by molar-refractivity contribution is -0.956. The Balaban J connectivity index is 1.39. The van der Waals surface area contributed by atoms with Crippen LogP contribution in [-0.4, -0.2) is 60.3 Å². The van der Waals surface area contributed by atoms with E-state index in [2.05, 4.69) is 0 Å². The van der Waals surface area contributed by atoms with Gasteiger partial charge in [-0.25, -0.2) is 4.79 Å². The highest BCUT2D eigenvalue weighted by Gasteiger charge is 2.57. The molecule has 3 aliphatic heterocycles. The van der Waals surface area contributed by atoms with Gasteiger partial charge in [-0.2, -0.15) is 0 Å². The summed E-state index contributed by atoms with van der Waals surface area (Å²) >= 11 is 0. The number of carbonyl (C=O) groups excluding carboxylic acids is 3. The predicted molar refractivity (Wildman–Crippen MR) is 150 cm³/mol. The second-order valence-corrected chi connectivity index (χ2v) is 12.1. The molecule has 2 atom stereocenters. The highest BCUT2D eigenvalue weighted by Crippen LogP contribution is 2.47. The zero-order valence-electron chi connectivity index (χ0n) is 23.8. The van der Waals surface area contributed by atoms with Gasteiger partial charge in [-0.3, -0.25) is 9.59 Å². The molecule has 3 fully saturated rings. The van der Waals surface area contributed by atoms with Gasteiger partial charge in [-0.05, 0) is 5.92 Å². The van der Waals surface area contributed by atoms with Crippen molar-refractivity contribution in [2.24, 2.45) is 5.92 Å². The summed E-state index contributed by atoms with van der Waals surface area (Å²) in [5.74, 6) is -1.50. The van der Waals surface area contributed by atoms with Crippen molar-refractivity contribution in [3.63, 3.8) is 0 Å². The van der Waals surface area contributed by atoms with E-state index in [1.54, 1.807) is 24.3 Å². The number of nitrogens with zero attached hydrogens (tertiary/aromatic N) is 1. The minimum Gasteiger partial charge on any atom is -0.465 e. The quantitative estimate of drug-likeness (QED) is 0.228. The third-order valence-corrected chi connectivity index (χ3v) is 9.06. The Kier molecular flexibility index (Phi) is 8.60. The lowest BCUT2D eigenvalue weighted by atomic mass is 9.85. The highest BCUT2D eigenvalue weighted by atomic mass is 16.6. The molecule has 40 heavy (non-hydrogen) atoms. The fourth-order valence-electron chi connectivity index (χ4n) is 7.21. The van der Waals surface area contributed by atoms with Crippen LogP contribution >= 0.6 is 0 Å². The number of piperidine rings is 1. The van der Waals surface area contributed by atoms with Gasteiger partial charge in [0.1, 0.15) is 6.10 Å². The maximum atomic E-state index is 14.3. The summed E-state index contributed by atoms with van der Waals surface area (Å²) in [6.45, 7) is 6.68. The van der Waals surface area contributed by atoms with Gasteiger partial charge in [0.05, 0.1) is 44.6 Å². The van der Waals surface area contributed by atoms with Gasteiger partial charge in [0.15, 0.2) is 0 Å². The van der Waals surface area contributed by atoms with Gasteiger partial charge >= 0.3 is 17.9 Å². The molecule has 0 saturated carbocycles. The summed E-state index contributed by atoms with van der Waals surface area (Å²) in [6.07, 6.45) is 6.09. The summed E-state index contributed by atoms with van der Waals surface area (Å²) in [7, 11) is 0. The number of rotatable bonds is 10. The average molecular weight is 549 g/mol. The maximum Gasteiger partial charge on any atom is 0.360 e. The molecule has 3 heterocycles. The monoisotopic (exact) mass is 548 g/mol. The molecule has 2 aromatic carbocycles. The number of carbonyl (C=O) groups is 3. The van der Waals surface area contributed by atoms with Crippen molar-refractivity contribution in [1.29, 1.82) is 0 Å². The van der Waals surface area contributed by atoms with Crippen LogP contribution in [0.1, 0.15) is 76.3 Å². The number of esters is 3. The van der Waals surface area contributed by atoms with E-state index < -0.39 is 23.5 Å². The predicted octanol–water partition coefficient (Wildman–Crippen LogP) is 5.30. The van der Waals surface area contributed by atoms with Crippen LogP contribution in [0, 0.1) is 5.92 Å². The van der Waals surface area contributed by atoms with Crippen LogP contribution in [0.25, 0.3) is 0 Å². The molecule has 2 unspecified atom stereocenters. The van der Waals surface area contributed by atoms with Gasteiger partial charge in [0.2, 0.25) is 0 Å². The molecular weight excluding hydrogens is 506 g/mol. The Bertz CT molecular complexity index is 1120. The van der Waals surface area contributed by atoms with Gasteiger partial charge in [0.25, 0.3) is 5.60 Å². The van der Waals surface area contributed by atoms with Gasteiger partial charge in [-0.1, -0.05) is 74.5 Å². The molecule has 1 spiro atoms. The lowest BCUT2D eigenvalue weighted by Gasteiger charge is -2.47. The second-order valence-electron chi connectivity index (χ2n) is 12.1. The maximum absolute atomic E-state index is 14.3. The van der Waals surface area contributed by atoms with Crippen molar-refractivity contribution in [2.75, 3.05) is 19.7 Å². The first-order valence-corrected chi connectivity index (χ1v) is 14.9. The summed E-state index contributed by atoms with van der Waals surface area (Å²) < 4.78 is 18.9. The zero-order chi connectivity index (χ0) is 28.2. The smallest absolute Gasteiger partial charge is 0.360 e. The van der Waals surface area contributed by atoms with Crippen molar-refractivity contribution in [1.82, 2.24) is 0 Å². The van der Waals surface area contributed by atoms with E-state index in [1.165, 1.54) is 43.3 Å². The Labute approximate surface area is 237 Å². The molecule has 2 bridgehead atoms. The SMILES string of the molecule is CC(C)COC(=O)CCC(=O)OC(C(=O)OC1CC2CCC(C1)[N+]21CCCC1)(c1ccccc1)c1ccccc1. The Hall–Kier alpha value is -3.19. The van der Waals surface area contributed by atoms with E-state index in [9.17, 15) is 14.4 Å². The molecule has 0 N–H and O–H groups in total. The third-order valence-electron chi connectivity index (χ3n) is 9.06. The minimum atomic E-state index is -1.78. The minimum absolute atomic E-state index is 0.119. The highest BCUT2D eigenvalue weighted by molar-refractivity contribution is 5.89. The first-order valence-electron chi connectivity index (χ1n) is 14.9. The summed E-state index contributed by atoms with van der Waals surface area (Å²) in [4.78, 5) is 39.8. The normalized spacial score (nSPS) is 23.2. The Morgan fingerprint density at radius 2 is 1.35 bits per heavy atom. The molecular formula is C33H42NO6+. The van der Waals surface area contributed by atoms with Crippen LogP contribution in [0.3, 0.4) is 0 Å². The number of hydrogen-bond donors (Lipinski definition) is 0. The largest absolute Gasteiger partial charge is 0.465 e. The molecule has 0 aromatic heterocycles. The first kappa shape index (κ1) is 28.3. The molecule has 5 rings (SSSR count). The van der Waals surface area contributed by atoms with E-state index in [-0.39, 0.29) is 24.9 Å². The fourth-order valence-corrected chi connectivity index (χ4v) is 7.21. The fraction of sp³-hybridized carbons (Fsp3) is 0.545. The van der Waals surface area contributed by atoms with Gasteiger partial charge in [0, 0.05) is 49.7 Å². The molecule has 7 heteroatoms. The molecule has 3 saturated heterocycles. The Morgan fingerprint density at radius 3 is 1.88 bits per heavy atom. The van der Waals surface area contributed by atoms with E-state index in [0.717, 1.165) is 12.8 Å². The van der Waals surface area contributed by atoms with Crippen LogP contribution in [0.15, 0.2) is 60.7 Å². The number of benzene rings is 2. The number of quaternary nitrogens is 1. The van der Waals surface area contributed by atoms with Gasteiger partial charge < -0.3 is 18.7 Å². The van der Waals surface area contributed by atoms with Crippen LogP contribution in [0.5, 0.6) is 0 Å². The Morgan fingerprint density at radius 1 is 0.825 bits per heavy atom. The van der Waals surface area contributed by atoms with E-state index in [0.29, 0.717) is 29.8 Å². The van der Waals surface area contributed by atoms with Crippen LogP contribution in [-0.2, 0) is 34.2 Å². The lowest BCUT2D eigenvalue weighted by Crippen LogP contribution is -2.60. The first-order chi connectivity index (χ1) is 19.3. The van der Waals surface area contributed by atoms with Crippen molar-refractivity contribution in [3.8, 4) is 0 Å². The molecule has 0 aliphatic carbocycles. The van der Waals surface area contributed by atoms with Crippen molar-refractivity contribution < 1.29 is 33.1 Å².